The minimum Gasteiger partial charge on any atom is -0.478 e. The molecule has 0 saturated heterocycles. The van der Waals surface area contributed by atoms with Gasteiger partial charge in [0.1, 0.15) is 0 Å². The number of ether oxygens (including phenoxy) is 1. The fourth-order valence-electron chi connectivity index (χ4n) is 2.08. The largest absolute Gasteiger partial charge is 0.478 e. The summed E-state index contributed by atoms with van der Waals surface area (Å²) >= 11 is 11.8. The van der Waals surface area contributed by atoms with Crippen LogP contribution in [0.5, 0.6) is 0 Å². The van der Waals surface area contributed by atoms with Crippen LogP contribution in [0, 0.1) is 0 Å². The predicted molar refractivity (Wildman–Crippen MR) is 90.5 cm³/mol. The molecule has 0 aliphatic carbocycles. The number of carboxylic acid groups (broad SMARTS) is 1. The normalized spacial score (nSPS) is 15.3. The molecule has 24 heavy (non-hydrogen) atoms. The highest BCUT2D eigenvalue weighted by molar-refractivity contribution is 6.42. The molecule has 7 heteroatoms. The number of esters is 1. The van der Waals surface area contributed by atoms with Gasteiger partial charge in [0.15, 0.2) is 5.70 Å². The van der Waals surface area contributed by atoms with Crippen LogP contribution in [0.2, 0.25) is 10.0 Å². The van der Waals surface area contributed by atoms with E-state index in [1.54, 1.807) is 30.3 Å². The number of carboxylic acids is 1. The van der Waals surface area contributed by atoms with Crippen LogP contribution < -0.4 is 0 Å². The van der Waals surface area contributed by atoms with E-state index in [2.05, 4.69) is 4.99 Å². The standard InChI is InChI=1S/C17H9Cl2NO4/c18-12-5-4-9(6-13(12)19)7-14-17(23)24-15(20-14)10-2-1-3-11(8-10)16(21)22/h1-8H,(H,21,22). The van der Waals surface area contributed by atoms with E-state index in [0.29, 0.717) is 21.2 Å². The highest BCUT2D eigenvalue weighted by atomic mass is 35.5. The van der Waals surface area contributed by atoms with Crippen molar-refractivity contribution in [3.8, 4) is 0 Å². The molecule has 0 fully saturated rings. The van der Waals surface area contributed by atoms with Crippen molar-refractivity contribution in [2.75, 3.05) is 0 Å². The number of hydrogen-bond donors (Lipinski definition) is 1. The van der Waals surface area contributed by atoms with Gasteiger partial charge in [0, 0.05) is 5.56 Å². The number of aromatic carboxylic acids is 1. The van der Waals surface area contributed by atoms with Gasteiger partial charge in [-0.3, -0.25) is 0 Å². The summed E-state index contributed by atoms with van der Waals surface area (Å²) in [6, 6.07) is 10.9. The highest BCUT2D eigenvalue weighted by Gasteiger charge is 2.24. The Hall–Kier alpha value is -2.63. The Morgan fingerprint density at radius 1 is 1.12 bits per heavy atom. The van der Waals surface area contributed by atoms with Crippen LogP contribution in [-0.2, 0) is 9.53 Å². The van der Waals surface area contributed by atoms with E-state index in [1.165, 1.54) is 18.2 Å². The monoisotopic (exact) mass is 361 g/mol. The summed E-state index contributed by atoms with van der Waals surface area (Å²) in [5.41, 5.74) is 1.21. The number of aliphatic imine (C=N–C) groups is 1. The molecule has 0 saturated carbocycles. The molecule has 5 nitrogen and oxygen atoms in total. The Labute approximate surface area is 146 Å². The van der Waals surface area contributed by atoms with Crippen molar-refractivity contribution in [2.24, 2.45) is 4.99 Å². The fraction of sp³-hybridized carbons (Fsp3) is 0. The summed E-state index contributed by atoms with van der Waals surface area (Å²) in [6.45, 7) is 0. The molecule has 0 radical (unpaired) electrons. The number of nitrogens with zero attached hydrogens (tertiary/aromatic N) is 1. The summed E-state index contributed by atoms with van der Waals surface area (Å²) in [4.78, 5) is 27.1. The van der Waals surface area contributed by atoms with Gasteiger partial charge in [-0.2, -0.15) is 0 Å². The third kappa shape index (κ3) is 3.32. The Morgan fingerprint density at radius 2 is 1.92 bits per heavy atom. The number of rotatable bonds is 3. The predicted octanol–water partition coefficient (Wildman–Crippen LogP) is 4.04. The lowest BCUT2D eigenvalue weighted by atomic mass is 10.1. The molecular formula is C17H9Cl2NO4. The number of halogens is 2. The number of cyclic esters (lactones) is 1. The zero-order valence-corrected chi connectivity index (χ0v) is 13.5. The molecule has 0 bridgehead atoms. The summed E-state index contributed by atoms with van der Waals surface area (Å²) in [5, 5.41) is 9.78. The molecule has 0 unspecified atom stereocenters. The van der Waals surface area contributed by atoms with Crippen LogP contribution in [0.3, 0.4) is 0 Å². The van der Waals surface area contributed by atoms with Crippen LogP contribution in [0.4, 0.5) is 0 Å². The first-order chi connectivity index (χ1) is 11.4. The SMILES string of the molecule is O=C1OC(c2cccc(C(=O)O)c2)=NC1=Cc1ccc(Cl)c(Cl)c1. The minimum atomic E-state index is -1.08. The molecular weight excluding hydrogens is 353 g/mol. The summed E-state index contributed by atoms with van der Waals surface area (Å²) in [7, 11) is 0. The maximum atomic E-state index is 12.0. The molecule has 1 aliphatic rings. The lowest BCUT2D eigenvalue weighted by Gasteiger charge is -2.00. The van der Waals surface area contributed by atoms with Crippen molar-refractivity contribution in [1.29, 1.82) is 0 Å². The first-order valence-electron chi connectivity index (χ1n) is 6.75. The van der Waals surface area contributed by atoms with E-state index in [1.807, 2.05) is 0 Å². The van der Waals surface area contributed by atoms with Crippen LogP contribution >= 0.6 is 23.2 Å². The average Bonchev–Trinajstić information content (AvgIpc) is 2.92. The van der Waals surface area contributed by atoms with Crippen molar-refractivity contribution in [2.45, 2.75) is 0 Å². The molecule has 3 rings (SSSR count). The molecule has 1 heterocycles. The fourth-order valence-corrected chi connectivity index (χ4v) is 2.38. The van der Waals surface area contributed by atoms with Crippen molar-refractivity contribution in [1.82, 2.24) is 0 Å². The Morgan fingerprint density at radius 3 is 2.62 bits per heavy atom. The van der Waals surface area contributed by atoms with Gasteiger partial charge in [-0.25, -0.2) is 14.6 Å². The molecule has 1 N–H and O–H groups in total. The zero-order valence-electron chi connectivity index (χ0n) is 12.0. The number of hydrogen-bond acceptors (Lipinski definition) is 4. The highest BCUT2D eigenvalue weighted by Crippen LogP contribution is 2.25. The van der Waals surface area contributed by atoms with Gasteiger partial charge < -0.3 is 9.84 Å². The molecule has 2 aromatic carbocycles. The number of benzene rings is 2. The summed E-state index contributed by atoms with van der Waals surface area (Å²) in [5.74, 6) is -1.65. The molecule has 2 aromatic rings. The lowest BCUT2D eigenvalue weighted by molar-refractivity contribution is -0.129. The van der Waals surface area contributed by atoms with Crippen LogP contribution in [0.25, 0.3) is 6.08 Å². The molecule has 0 aromatic heterocycles. The third-order valence-electron chi connectivity index (χ3n) is 3.22. The number of carbonyl (C=O) groups is 2. The van der Waals surface area contributed by atoms with Crippen LogP contribution in [0.1, 0.15) is 21.5 Å². The van der Waals surface area contributed by atoms with E-state index in [9.17, 15) is 9.59 Å². The summed E-state index contributed by atoms with van der Waals surface area (Å²) in [6.07, 6.45) is 1.51. The van der Waals surface area contributed by atoms with E-state index in [4.69, 9.17) is 33.0 Å². The van der Waals surface area contributed by atoms with Gasteiger partial charge in [0.05, 0.1) is 15.6 Å². The van der Waals surface area contributed by atoms with Crippen molar-refractivity contribution < 1.29 is 19.4 Å². The average molecular weight is 362 g/mol. The summed E-state index contributed by atoms with van der Waals surface area (Å²) < 4.78 is 5.11. The van der Waals surface area contributed by atoms with E-state index in [-0.39, 0.29) is 17.2 Å². The lowest BCUT2D eigenvalue weighted by Crippen LogP contribution is -2.07. The van der Waals surface area contributed by atoms with Gasteiger partial charge in [-0.05, 0) is 42.0 Å². The Kier molecular flexibility index (Phi) is 4.38. The Balaban J connectivity index is 1.95. The van der Waals surface area contributed by atoms with Gasteiger partial charge in [0.2, 0.25) is 5.90 Å². The molecule has 0 spiro atoms. The maximum Gasteiger partial charge on any atom is 0.363 e. The van der Waals surface area contributed by atoms with E-state index >= 15 is 0 Å². The number of carbonyl (C=O) groups excluding carboxylic acids is 1. The quantitative estimate of drug-likeness (QED) is 0.661. The zero-order chi connectivity index (χ0) is 17.3. The van der Waals surface area contributed by atoms with Gasteiger partial charge in [-0.15, -0.1) is 0 Å². The third-order valence-corrected chi connectivity index (χ3v) is 3.96. The van der Waals surface area contributed by atoms with E-state index < -0.39 is 11.9 Å². The van der Waals surface area contributed by atoms with Crippen LogP contribution in [0.15, 0.2) is 53.2 Å². The maximum absolute atomic E-state index is 12.0. The molecule has 1 aliphatic heterocycles. The van der Waals surface area contributed by atoms with Crippen molar-refractivity contribution in [3.63, 3.8) is 0 Å². The first-order valence-corrected chi connectivity index (χ1v) is 7.51. The first kappa shape index (κ1) is 16.2. The van der Waals surface area contributed by atoms with E-state index in [0.717, 1.165) is 0 Å². The van der Waals surface area contributed by atoms with Crippen LogP contribution in [-0.4, -0.2) is 22.9 Å². The second-order valence-corrected chi connectivity index (χ2v) is 5.71. The second kappa shape index (κ2) is 6.47. The molecule has 0 amide bonds. The van der Waals surface area contributed by atoms with Gasteiger partial charge in [0.25, 0.3) is 0 Å². The molecule has 0 atom stereocenters. The van der Waals surface area contributed by atoms with Crippen molar-refractivity contribution >= 4 is 47.1 Å². The van der Waals surface area contributed by atoms with Crippen molar-refractivity contribution in [3.05, 3.63) is 74.9 Å². The Bertz CT molecular complexity index is 919. The minimum absolute atomic E-state index is 0.0504. The van der Waals surface area contributed by atoms with Gasteiger partial charge >= 0.3 is 11.9 Å². The topological polar surface area (TPSA) is 76.0 Å². The molecule has 120 valence electrons. The second-order valence-electron chi connectivity index (χ2n) is 4.90. The smallest absolute Gasteiger partial charge is 0.363 e. The van der Waals surface area contributed by atoms with Gasteiger partial charge in [-0.1, -0.05) is 35.3 Å².